The van der Waals surface area contributed by atoms with E-state index in [0.717, 1.165) is 44.7 Å². The fourth-order valence-corrected chi connectivity index (χ4v) is 7.13. The summed E-state index contributed by atoms with van der Waals surface area (Å²) >= 11 is 3.46. The maximum Gasteiger partial charge on any atom is 0.417 e. The zero-order valence-electron chi connectivity index (χ0n) is 19.5. The quantitative estimate of drug-likeness (QED) is 0.192. The van der Waals surface area contributed by atoms with Crippen molar-refractivity contribution in [1.29, 1.82) is 0 Å². The Morgan fingerprint density at radius 1 is 0.436 bits per heavy atom. The van der Waals surface area contributed by atoms with Gasteiger partial charge in [-0.1, -0.05) is 48.5 Å². The molecule has 3 aromatic heterocycles. The van der Waals surface area contributed by atoms with E-state index in [2.05, 4.69) is 8.75 Å². The second-order valence-corrected chi connectivity index (χ2v) is 11.2. The summed E-state index contributed by atoms with van der Waals surface area (Å²) in [4.78, 5) is 2.42. The first-order chi connectivity index (χ1) is 18.6. The summed E-state index contributed by atoms with van der Waals surface area (Å²) in [5.74, 6) is 0. The molecule has 0 aliphatic carbocycles. The predicted octanol–water partition coefficient (Wildman–Crippen LogP) is 10.5. The second-order valence-electron chi connectivity index (χ2n) is 8.54. The minimum Gasteiger partial charge on any atom is -0.172 e. The highest BCUT2D eigenvalue weighted by molar-refractivity contribution is 7.19. The molecule has 0 atom stereocenters. The van der Waals surface area contributed by atoms with Crippen LogP contribution in [0.5, 0.6) is 0 Å². The van der Waals surface area contributed by atoms with Gasteiger partial charge in [0.05, 0.1) is 22.9 Å². The molecule has 6 rings (SSSR count). The Labute approximate surface area is 230 Å². The number of aromatic nitrogens is 2. The first-order valence-electron chi connectivity index (χ1n) is 11.4. The van der Waals surface area contributed by atoms with Crippen LogP contribution in [0.1, 0.15) is 11.1 Å². The predicted molar refractivity (Wildman–Crippen MR) is 145 cm³/mol. The van der Waals surface area contributed by atoms with Crippen LogP contribution in [0.25, 0.3) is 52.8 Å². The Bertz CT molecular complexity index is 1680. The summed E-state index contributed by atoms with van der Waals surface area (Å²) in [6, 6.07) is 21.4. The molecule has 3 aromatic carbocycles. The van der Waals surface area contributed by atoms with E-state index in [9.17, 15) is 26.3 Å². The van der Waals surface area contributed by atoms with E-state index in [1.54, 1.807) is 36.4 Å². The van der Waals surface area contributed by atoms with Crippen molar-refractivity contribution >= 4 is 45.4 Å². The van der Waals surface area contributed by atoms with E-state index in [4.69, 9.17) is 0 Å². The number of hydrogen-bond acceptors (Lipinski definition) is 5. The molecule has 0 amide bonds. The van der Waals surface area contributed by atoms with Gasteiger partial charge in [0.15, 0.2) is 0 Å². The Kier molecular flexibility index (Phi) is 6.32. The van der Waals surface area contributed by atoms with E-state index in [0.29, 0.717) is 20.8 Å². The second kappa shape index (κ2) is 9.58. The van der Waals surface area contributed by atoms with Crippen LogP contribution in [0, 0.1) is 0 Å². The van der Waals surface area contributed by atoms with E-state index in [-0.39, 0.29) is 11.1 Å². The summed E-state index contributed by atoms with van der Waals surface area (Å²) in [5, 5.41) is 0. The zero-order chi connectivity index (χ0) is 27.4. The van der Waals surface area contributed by atoms with Crippen LogP contribution in [0.4, 0.5) is 26.3 Å². The van der Waals surface area contributed by atoms with Gasteiger partial charge in [0.25, 0.3) is 0 Å². The summed E-state index contributed by atoms with van der Waals surface area (Å²) in [6.45, 7) is 0. The van der Waals surface area contributed by atoms with Crippen molar-refractivity contribution in [1.82, 2.24) is 8.75 Å². The van der Waals surface area contributed by atoms with Crippen LogP contribution >= 0.6 is 34.4 Å². The van der Waals surface area contributed by atoms with Crippen molar-refractivity contribution in [2.24, 2.45) is 0 Å². The Morgan fingerprint density at radius 2 is 0.795 bits per heavy atom. The molecule has 0 spiro atoms. The normalized spacial score (nSPS) is 12.4. The molecule has 39 heavy (non-hydrogen) atoms. The monoisotopic (exact) mass is 588 g/mol. The lowest BCUT2D eigenvalue weighted by molar-refractivity contribution is -0.137. The molecule has 6 aromatic rings. The van der Waals surface area contributed by atoms with E-state index in [1.807, 2.05) is 12.1 Å². The number of halogens is 6. The highest BCUT2D eigenvalue weighted by Gasteiger charge is 2.34. The van der Waals surface area contributed by atoms with Gasteiger partial charge in [-0.2, -0.15) is 35.1 Å². The Balaban J connectivity index is 1.39. The van der Waals surface area contributed by atoms with Crippen LogP contribution in [0.15, 0.2) is 84.9 Å². The van der Waals surface area contributed by atoms with E-state index >= 15 is 0 Å². The molecule has 11 heteroatoms. The minimum absolute atomic E-state index is 0.107. The van der Waals surface area contributed by atoms with Gasteiger partial charge < -0.3 is 0 Å². The average molecular weight is 589 g/mol. The lowest BCUT2D eigenvalue weighted by Crippen LogP contribution is -2.06. The third-order valence-corrected chi connectivity index (χ3v) is 8.99. The van der Waals surface area contributed by atoms with E-state index < -0.39 is 23.5 Å². The number of alkyl halides is 6. The zero-order valence-corrected chi connectivity index (χ0v) is 21.9. The molecular weight excluding hydrogens is 575 g/mol. The van der Waals surface area contributed by atoms with Crippen LogP contribution in [0.3, 0.4) is 0 Å². The third-order valence-electron chi connectivity index (χ3n) is 6.15. The molecule has 3 heterocycles. The molecule has 0 saturated heterocycles. The van der Waals surface area contributed by atoms with Gasteiger partial charge in [0.2, 0.25) is 0 Å². The number of benzene rings is 3. The van der Waals surface area contributed by atoms with Gasteiger partial charge in [0.1, 0.15) is 11.0 Å². The molecule has 0 fully saturated rings. The smallest absolute Gasteiger partial charge is 0.172 e. The largest absolute Gasteiger partial charge is 0.417 e. The SMILES string of the molecule is FC(F)(F)c1ccccc1-c1ccc(-c2ccc(-c3ccc(-c4ccccc4C(F)(F)F)s3)c3nsnc23)s1. The van der Waals surface area contributed by atoms with Crippen LogP contribution < -0.4 is 0 Å². The van der Waals surface area contributed by atoms with Crippen molar-refractivity contribution in [2.75, 3.05) is 0 Å². The molecule has 2 nitrogen and oxygen atoms in total. The molecule has 0 aliphatic heterocycles. The highest BCUT2D eigenvalue weighted by Crippen LogP contribution is 2.45. The van der Waals surface area contributed by atoms with Crippen LogP contribution in [-0.4, -0.2) is 8.75 Å². The fourth-order valence-electron chi connectivity index (χ4n) is 4.41. The van der Waals surface area contributed by atoms with Gasteiger partial charge in [-0.3, -0.25) is 0 Å². The lowest BCUT2D eigenvalue weighted by atomic mass is 10.0. The molecule has 0 saturated carbocycles. The number of nitrogens with zero attached hydrogens (tertiary/aromatic N) is 2. The molecule has 0 aliphatic rings. The molecule has 0 N–H and O–H groups in total. The molecular formula is C28H14F6N2S3. The topological polar surface area (TPSA) is 25.8 Å². The molecule has 0 bridgehead atoms. The van der Waals surface area contributed by atoms with Crippen LogP contribution in [0.2, 0.25) is 0 Å². The maximum atomic E-state index is 13.6. The Morgan fingerprint density at radius 3 is 1.18 bits per heavy atom. The van der Waals surface area contributed by atoms with Gasteiger partial charge >= 0.3 is 12.4 Å². The van der Waals surface area contributed by atoms with Crippen molar-refractivity contribution < 1.29 is 26.3 Å². The van der Waals surface area contributed by atoms with E-state index in [1.165, 1.54) is 46.9 Å². The standard InChI is InChI=1S/C28H14F6N2S3/c29-27(30,31)19-7-3-1-5-15(19)21-11-13-23(37-21)17-9-10-18(26-25(17)35-39-36-26)24-14-12-22(38-24)16-6-2-4-8-20(16)28(32,33)34/h1-14H. The molecule has 0 radical (unpaired) electrons. The minimum atomic E-state index is -4.48. The van der Waals surface area contributed by atoms with Crippen molar-refractivity contribution in [2.45, 2.75) is 12.4 Å². The lowest BCUT2D eigenvalue weighted by Gasteiger charge is -2.11. The summed E-state index contributed by atoms with van der Waals surface area (Å²) in [5.41, 5.74) is 1.43. The van der Waals surface area contributed by atoms with Gasteiger partial charge in [-0.25, -0.2) is 0 Å². The first-order valence-corrected chi connectivity index (χ1v) is 13.8. The van der Waals surface area contributed by atoms with Crippen molar-refractivity contribution in [3.63, 3.8) is 0 Å². The summed E-state index contributed by atoms with van der Waals surface area (Å²) in [7, 11) is 0. The number of rotatable bonds is 4. The average Bonchev–Trinajstić information content (AvgIpc) is 3.68. The highest BCUT2D eigenvalue weighted by atomic mass is 32.1. The summed E-state index contributed by atoms with van der Waals surface area (Å²) in [6.07, 6.45) is -8.96. The van der Waals surface area contributed by atoms with Gasteiger partial charge in [-0.15, -0.1) is 22.7 Å². The number of thiophene rings is 2. The fraction of sp³-hybridized carbons (Fsp3) is 0.0714. The van der Waals surface area contributed by atoms with Crippen molar-refractivity contribution in [3.8, 4) is 41.8 Å². The number of fused-ring (bicyclic) bond motifs is 1. The first kappa shape index (κ1) is 25.7. The number of hydrogen-bond donors (Lipinski definition) is 0. The van der Waals surface area contributed by atoms with Gasteiger partial charge in [-0.05, 0) is 36.4 Å². The molecule has 196 valence electrons. The molecule has 0 unspecified atom stereocenters. The Hall–Kier alpha value is -3.54. The van der Waals surface area contributed by atoms with Gasteiger partial charge in [0, 0.05) is 41.8 Å². The third kappa shape index (κ3) is 4.75. The summed E-state index contributed by atoms with van der Waals surface area (Å²) < 4.78 is 90.2. The van der Waals surface area contributed by atoms with Crippen molar-refractivity contribution in [3.05, 3.63) is 96.1 Å². The maximum absolute atomic E-state index is 13.6. The van der Waals surface area contributed by atoms with Crippen LogP contribution in [-0.2, 0) is 12.4 Å².